The third kappa shape index (κ3) is 5.21. The Morgan fingerprint density at radius 2 is 1.74 bits per heavy atom. The lowest BCUT2D eigenvalue weighted by Crippen LogP contribution is -2.45. The molecule has 4 heterocycles. The van der Waals surface area contributed by atoms with Crippen molar-refractivity contribution < 1.29 is 9.59 Å². The molecule has 2 fully saturated rings. The minimum atomic E-state index is -0.582. The summed E-state index contributed by atoms with van der Waals surface area (Å²) >= 11 is 1.69. The van der Waals surface area contributed by atoms with Crippen LogP contribution in [0.2, 0.25) is 0 Å². The molecule has 196 valence electrons. The molecule has 0 unspecified atom stereocenters. The number of nitrogens with zero attached hydrogens (tertiary/aromatic N) is 5. The molecule has 0 aliphatic carbocycles. The fourth-order valence-corrected chi connectivity index (χ4v) is 6.39. The van der Waals surface area contributed by atoms with Crippen LogP contribution in [-0.4, -0.2) is 57.8 Å². The summed E-state index contributed by atoms with van der Waals surface area (Å²) in [5.74, 6) is 0.336. The molecule has 1 aromatic carbocycles. The van der Waals surface area contributed by atoms with Crippen molar-refractivity contribution >= 4 is 23.2 Å². The van der Waals surface area contributed by atoms with E-state index in [-0.39, 0.29) is 11.8 Å². The molecule has 3 aromatic rings. The molecule has 0 spiro atoms. The van der Waals surface area contributed by atoms with Crippen molar-refractivity contribution in [1.82, 2.24) is 19.8 Å². The zero-order valence-corrected chi connectivity index (χ0v) is 22.8. The standard InChI is InChI=1S/C30H33N5O2S/c1-21-22(2)33-26(29(37)35-15-10-30(20-31,11-16-35)24-6-4-3-5-7-24)19-25(21)28(36)34-13-8-23(9-14-34)18-27-32-12-17-38-27/h3-7,12,17,19,23H,8-11,13-16,18H2,1-2H3. The number of benzene rings is 1. The van der Waals surface area contributed by atoms with Crippen molar-refractivity contribution in [2.24, 2.45) is 5.92 Å². The van der Waals surface area contributed by atoms with Crippen molar-refractivity contribution in [3.8, 4) is 6.07 Å². The molecule has 7 nitrogen and oxygen atoms in total. The molecule has 0 saturated carbocycles. The molecule has 2 amide bonds. The minimum Gasteiger partial charge on any atom is -0.339 e. The summed E-state index contributed by atoms with van der Waals surface area (Å²) in [4.78, 5) is 39.7. The van der Waals surface area contributed by atoms with Crippen LogP contribution < -0.4 is 0 Å². The Morgan fingerprint density at radius 1 is 1.05 bits per heavy atom. The van der Waals surface area contributed by atoms with E-state index in [1.54, 1.807) is 22.3 Å². The Kier molecular flexibility index (Phi) is 7.57. The van der Waals surface area contributed by atoms with E-state index in [9.17, 15) is 14.9 Å². The number of piperidine rings is 2. The molecular formula is C30H33N5O2S. The molecule has 2 aromatic heterocycles. The van der Waals surface area contributed by atoms with Gasteiger partial charge in [-0.1, -0.05) is 30.3 Å². The van der Waals surface area contributed by atoms with Crippen molar-refractivity contribution in [2.45, 2.75) is 51.4 Å². The zero-order chi connectivity index (χ0) is 26.7. The monoisotopic (exact) mass is 527 g/mol. The number of hydrogen-bond donors (Lipinski definition) is 0. The summed E-state index contributed by atoms with van der Waals surface area (Å²) in [6, 6.07) is 14.0. The maximum Gasteiger partial charge on any atom is 0.272 e. The largest absolute Gasteiger partial charge is 0.339 e. The van der Waals surface area contributed by atoms with E-state index in [2.05, 4.69) is 16.0 Å². The smallest absolute Gasteiger partial charge is 0.272 e. The zero-order valence-electron chi connectivity index (χ0n) is 22.0. The van der Waals surface area contributed by atoms with Crippen molar-refractivity contribution in [3.63, 3.8) is 0 Å². The fourth-order valence-electron chi connectivity index (χ4n) is 5.66. The van der Waals surface area contributed by atoms with Crippen molar-refractivity contribution in [2.75, 3.05) is 26.2 Å². The van der Waals surface area contributed by atoms with E-state index in [1.165, 1.54) is 0 Å². The van der Waals surface area contributed by atoms with Crippen LogP contribution in [-0.2, 0) is 11.8 Å². The molecule has 0 N–H and O–H groups in total. The van der Waals surface area contributed by atoms with Crippen LogP contribution in [0.15, 0.2) is 48.0 Å². The van der Waals surface area contributed by atoms with Crippen LogP contribution >= 0.6 is 11.3 Å². The lowest BCUT2D eigenvalue weighted by atomic mass is 9.74. The maximum absolute atomic E-state index is 13.6. The first-order chi connectivity index (χ1) is 18.4. The first-order valence-electron chi connectivity index (χ1n) is 13.3. The van der Waals surface area contributed by atoms with Gasteiger partial charge in [-0.2, -0.15) is 5.26 Å². The van der Waals surface area contributed by atoms with E-state index in [4.69, 9.17) is 0 Å². The second-order valence-corrected chi connectivity index (χ2v) is 11.5. The van der Waals surface area contributed by atoms with Crippen LogP contribution in [0.25, 0.3) is 0 Å². The minimum absolute atomic E-state index is 0.0269. The molecule has 8 heteroatoms. The van der Waals surface area contributed by atoms with Gasteiger partial charge in [0.05, 0.1) is 16.5 Å². The van der Waals surface area contributed by atoms with Gasteiger partial charge in [-0.3, -0.25) is 9.59 Å². The number of aryl methyl sites for hydroxylation is 1. The number of hydrogen-bond acceptors (Lipinski definition) is 6. The highest BCUT2D eigenvalue weighted by atomic mass is 32.1. The van der Waals surface area contributed by atoms with Gasteiger partial charge in [0, 0.05) is 55.4 Å². The molecular weight excluding hydrogens is 494 g/mol. The molecule has 38 heavy (non-hydrogen) atoms. The summed E-state index contributed by atoms with van der Waals surface area (Å²) in [5, 5.41) is 13.2. The molecule has 0 bridgehead atoms. The van der Waals surface area contributed by atoms with Gasteiger partial charge in [0.15, 0.2) is 0 Å². The fraction of sp³-hybridized carbons (Fsp3) is 0.433. The van der Waals surface area contributed by atoms with Gasteiger partial charge >= 0.3 is 0 Å². The highest BCUT2D eigenvalue weighted by molar-refractivity contribution is 7.09. The number of rotatable bonds is 5. The third-order valence-corrected chi connectivity index (χ3v) is 9.06. The number of carbonyl (C=O) groups is 2. The van der Waals surface area contributed by atoms with Gasteiger partial charge in [-0.25, -0.2) is 9.97 Å². The number of aromatic nitrogens is 2. The lowest BCUT2D eigenvalue weighted by molar-refractivity contribution is 0.0684. The van der Waals surface area contributed by atoms with E-state index >= 15 is 0 Å². The topological polar surface area (TPSA) is 90.2 Å². The Labute approximate surface area is 228 Å². The number of pyridine rings is 1. The van der Waals surface area contributed by atoms with Crippen LogP contribution in [0.3, 0.4) is 0 Å². The second-order valence-electron chi connectivity index (χ2n) is 10.5. The van der Waals surface area contributed by atoms with Crippen molar-refractivity contribution in [3.05, 3.63) is 81.1 Å². The molecule has 2 aliphatic heterocycles. The predicted octanol–water partition coefficient (Wildman–Crippen LogP) is 4.95. The van der Waals surface area contributed by atoms with Gasteiger partial charge in [0.1, 0.15) is 5.69 Å². The van der Waals surface area contributed by atoms with E-state index < -0.39 is 5.41 Å². The van der Waals surface area contributed by atoms with Gasteiger partial charge in [0.2, 0.25) is 0 Å². The van der Waals surface area contributed by atoms with Crippen LogP contribution in [0, 0.1) is 31.1 Å². The maximum atomic E-state index is 13.6. The average molecular weight is 528 g/mol. The normalized spacial score (nSPS) is 17.7. The highest BCUT2D eigenvalue weighted by Crippen LogP contribution is 2.35. The summed E-state index contributed by atoms with van der Waals surface area (Å²) < 4.78 is 0. The third-order valence-electron chi connectivity index (χ3n) is 8.26. The van der Waals surface area contributed by atoms with E-state index in [0.29, 0.717) is 61.9 Å². The summed E-state index contributed by atoms with van der Waals surface area (Å²) in [6.07, 6.45) is 5.88. The van der Waals surface area contributed by atoms with Crippen LogP contribution in [0.1, 0.15) is 68.4 Å². The summed E-state index contributed by atoms with van der Waals surface area (Å²) in [6.45, 7) is 6.13. The van der Waals surface area contributed by atoms with Crippen LogP contribution in [0.4, 0.5) is 0 Å². The average Bonchev–Trinajstić information content (AvgIpc) is 3.48. The molecule has 2 saturated heterocycles. The number of likely N-dealkylation sites (tertiary alicyclic amines) is 2. The Bertz CT molecular complexity index is 1330. The quantitative estimate of drug-likeness (QED) is 0.468. The van der Waals surface area contributed by atoms with Crippen LogP contribution in [0.5, 0.6) is 0 Å². The summed E-state index contributed by atoms with van der Waals surface area (Å²) in [7, 11) is 0. The first-order valence-corrected chi connectivity index (χ1v) is 14.2. The second kappa shape index (κ2) is 11.0. The highest BCUT2D eigenvalue weighted by Gasteiger charge is 2.38. The number of thiazole rings is 1. The lowest BCUT2D eigenvalue weighted by Gasteiger charge is -2.37. The molecule has 2 aliphatic rings. The molecule has 5 rings (SSSR count). The predicted molar refractivity (Wildman–Crippen MR) is 147 cm³/mol. The Balaban J connectivity index is 1.26. The Hall–Kier alpha value is -3.57. The Morgan fingerprint density at radius 3 is 2.37 bits per heavy atom. The van der Waals surface area contributed by atoms with E-state index in [0.717, 1.165) is 35.4 Å². The summed E-state index contributed by atoms with van der Waals surface area (Å²) in [5.41, 5.74) is 2.81. The van der Waals surface area contributed by atoms with Gasteiger partial charge < -0.3 is 9.80 Å². The van der Waals surface area contributed by atoms with Gasteiger partial charge in [-0.05, 0) is 62.6 Å². The number of nitriles is 1. The number of carbonyl (C=O) groups excluding carboxylic acids is 2. The molecule has 0 atom stereocenters. The number of amides is 2. The van der Waals surface area contributed by atoms with Crippen molar-refractivity contribution in [1.29, 1.82) is 5.26 Å². The van der Waals surface area contributed by atoms with Gasteiger partial charge in [-0.15, -0.1) is 11.3 Å². The van der Waals surface area contributed by atoms with E-state index in [1.807, 2.05) is 60.7 Å². The van der Waals surface area contributed by atoms with Gasteiger partial charge in [0.25, 0.3) is 11.8 Å². The SMILES string of the molecule is Cc1nc(C(=O)N2CCC(C#N)(c3ccccc3)CC2)cc(C(=O)N2CCC(Cc3nccs3)CC2)c1C. The molecule has 0 radical (unpaired) electrons. The first kappa shape index (κ1) is 26.1.